The highest BCUT2D eigenvalue weighted by atomic mass is 79.9. The molecule has 100 valence electrons. The molecular weight excluding hydrogens is 311 g/mol. The molecule has 0 atom stereocenters. The quantitative estimate of drug-likeness (QED) is 0.773. The van der Waals surface area contributed by atoms with E-state index in [-0.39, 0.29) is 18.9 Å². The van der Waals surface area contributed by atoms with Gasteiger partial charge in [0.25, 0.3) is 0 Å². The molecule has 0 unspecified atom stereocenters. The lowest BCUT2D eigenvalue weighted by Crippen LogP contribution is -2.37. The van der Waals surface area contributed by atoms with E-state index in [1.807, 2.05) is 0 Å². The Morgan fingerprint density at radius 1 is 1.28 bits per heavy atom. The largest absolute Gasteiger partial charge is 0.401 e. The highest BCUT2D eigenvalue weighted by molar-refractivity contribution is 9.10. The first-order valence-electron chi connectivity index (χ1n) is 5.39. The second-order valence-electron chi connectivity index (χ2n) is 3.85. The summed E-state index contributed by atoms with van der Waals surface area (Å²) in [5.41, 5.74) is 0.416. The lowest BCUT2D eigenvalue weighted by atomic mass is 10.1. The predicted octanol–water partition coefficient (Wildman–Crippen LogP) is 3.52. The number of ketones is 1. The fraction of sp³-hybridized carbons (Fsp3) is 0.417. The maximum absolute atomic E-state index is 12.2. The Kier molecular flexibility index (Phi) is 5.34. The van der Waals surface area contributed by atoms with Crippen LogP contribution in [0.25, 0.3) is 0 Å². The maximum atomic E-state index is 12.2. The van der Waals surface area contributed by atoms with Crippen molar-refractivity contribution in [2.75, 3.05) is 19.6 Å². The number of likely N-dealkylation sites (N-methyl/N-ethyl adjacent to an activating group) is 1. The minimum atomic E-state index is -4.28. The van der Waals surface area contributed by atoms with Gasteiger partial charge < -0.3 is 0 Å². The summed E-state index contributed by atoms with van der Waals surface area (Å²) in [4.78, 5) is 12.9. The van der Waals surface area contributed by atoms with Crippen LogP contribution in [0.5, 0.6) is 0 Å². The average Bonchev–Trinajstić information content (AvgIpc) is 2.27. The molecule has 1 aromatic carbocycles. The minimum absolute atomic E-state index is 0.182. The van der Waals surface area contributed by atoms with E-state index < -0.39 is 12.7 Å². The number of hydrogen-bond donors (Lipinski definition) is 0. The van der Waals surface area contributed by atoms with Crippen molar-refractivity contribution in [3.63, 3.8) is 0 Å². The van der Waals surface area contributed by atoms with Gasteiger partial charge >= 0.3 is 6.18 Å². The van der Waals surface area contributed by atoms with E-state index in [0.717, 1.165) is 9.37 Å². The monoisotopic (exact) mass is 323 g/mol. The van der Waals surface area contributed by atoms with Gasteiger partial charge in [0.05, 0.1) is 13.1 Å². The van der Waals surface area contributed by atoms with Crippen LogP contribution in [0.1, 0.15) is 17.3 Å². The third-order valence-corrected chi connectivity index (χ3v) is 2.91. The van der Waals surface area contributed by atoms with E-state index in [0.29, 0.717) is 5.56 Å². The van der Waals surface area contributed by atoms with Crippen LogP contribution in [0.3, 0.4) is 0 Å². The molecule has 0 saturated carbocycles. The Hall–Kier alpha value is -0.880. The lowest BCUT2D eigenvalue weighted by Gasteiger charge is -2.20. The van der Waals surface area contributed by atoms with Crippen molar-refractivity contribution in [2.45, 2.75) is 13.1 Å². The molecule has 0 aliphatic heterocycles. The number of alkyl halides is 3. The third kappa shape index (κ3) is 5.18. The third-order valence-electron chi connectivity index (χ3n) is 2.38. The van der Waals surface area contributed by atoms with Crippen LogP contribution in [0.4, 0.5) is 13.2 Å². The second-order valence-corrected chi connectivity index (χ2v) is 4.76. The summed E-state index contributed by atoms with van der Waals surface area (Å²) in [6, 6.07) is 6.56. The van der Waals surface area contributed by atoms with Crippen LogP contribution in [0.15, 0.2) is 28.7 Å². The first-order valence-corrected chi connectivity index (χ1v) is 6.19. The Morgan fingerprint density at radius 3 is 2.28 bits per heavy atom. The first kappa shape index (κ1) is 15.2. The first-order chi connectivity index (χ1) is 8.31. The molecule has 0 aliphatic rings. The van der Waals surface area contributed by atoms with Crippen LogP contribution >= 0.6 is 15.9 Å². The van der Waals surface area contributed by atoms with Crippen molar-refractivity contribution < 1.29 is 18.0 Å². The van der Waals surface area contributed by atoms with Gasteiger partial charge in [-0.2, -0.15) is 13.2 Å². The molecule has 0 heterocycles. The van der Waals surface area contributed by atoms with Gasteiger partial charge in [0.15, 0.2) is 5.78 Å². The van der Waals surface area contributed by atoms with Crippen molar-refractivity contribution in [1.29, 1.82) is 0 Å². The van der Waals surface area contributed by atoms with E-state index in [9.17, 15) is 18.0 Å². The van der Waals surface area contributed by atoms with Crippen molar-refractivity contribution >= 4 is 21.7 Å². The topological polar surface area (TPSA) is 20.3 Å². The predicted molar refractivity (Wildman–Crippen MR) is 66.6 cm³/mol. The van der Waals surface area contributed by atoms with Gasteiger partial charge in [0.2, 0.25) is 0 Å². The van der Waals surface area contributed by atoms with Gasteiger partial charge in [-0.15, -0.1) is 0 Å². The Morgan fingerprint density at radius 2 is 1.83 bits per heavy atom. The molecule has 2 nitrogen and oxygen atoms in total. The molecule has 0 aromatic heterocycles. The van der Waals surface area contributed by atoms with Gasteiger partial charge in [0.1, 0.15) is 0 Å². The fourth-order valence-corrected chi connectivity index (χ4v) is 1.73. The van der Waals surface area contributed by atoms with Gasteiger partial charge in [-0.1, -0.05) is 35.0 Å². The summed E-state index contributed by atoms with van der Waals surface area (Å²) in [6.07, 6.45) is -4.28. The average molecular weight is 324 g/mol. The molecule has 0 fully saturated rings. The number of Topliss-reactive ketones (excluding diaryl/α,β-unsaturated/α-hetero) is 1. The smallest absolute Gasteiger partial charge is 0.293 e. The van der Waals surface area contributed by atoms with Crippen LogP contribution in [-0.2, 0) is 0 Å². The van der Waals surface area contributed by atoms with Gasteiger partial charge in [-0.3, -0.25) is 9.69 Å². The van der Waals surface area contributed by atoms with Crippen molar-refractivity contribution in [3.8, 4) is 0 Å². The summed E-state index contributed by atoms with van der Waals surface area (Å²) < 4.78 is 37.5. The number of rotatable bonds is 5. The van der Waals surface area contributed by atoms with Gasteiger partial charge in [0, 0.05) is 10.0 Å². The highest BCUT2D eigenvalue weighted by Crippen LogP contribution is 2.17. The lowest BCUT2D eigenvalue weighted by molar-refractivity contribution is -0.144. The number of nitrogens with zero attached hydrogens (tertiary/aromatic N) is 1. The molecule has 0 saturated heterocycles. The molecule has 1 aromatic rings. The molecule has 0 radical (unpaired) electrons. The molecule has 0 aliphatic carbocycles. The van der Waals surface area contributed by atoms with Crippen LogP contribution in [0, 0.1) is 0 Å². The number of carbonyl (C=O) groups is 1. The van der Waals surface area contributed by atoms with E-state index in [4.69, 9.17) is 0 Å². The fourth-order valence-electron chi connectivity index (χ4n) is 1.46. The summed E-state index contributed by atoms with van der Waals surface area (Å²) in [5.74, 6) is -0.311. The van der Waals surface area contributed by atoms with Crippen molar-refractivity contribution in [3.05, 3.63) is 34.3 Å². The molecule has 0 bridgehead atoms. The summed E-state index contributed by atoms with van der Waals surface area (Å²) >= 11 is 3.23. The molecule has 0 N–H and O–H groups in total. The van der Waals surface area contributed by atoms with E-state index >= 15 is 0 Å². The summed E-state index contributed by atoms with van der Waals surface area (Å²) in [7, 11) is 0. The zero-order chi connectivity index (χ0) is 13.8. The van der Waals surface area contributed by atoms with E-state index in [1.165, 1.54) is 0 Å². The molecular formula is C12H13BrF3NO. The normalized spacial score (nSPS) is 11.9. The zero-order valence-electron chi connectivity index (χ0n) is 9.80. The van der Waals surface area contributed by atoms with Gasteiger partial charge in [-0.05, 0) is 18.7 Å². The molecule has 18 heavy (non-hydrogen) atoms. The second kappa shape index (κ2) is 6.33. The summed E-state index contributed by atoms with van der Waals surface area (Å²) in [5, 5.41) is 0. The minimum Gasteiger partial charge on any atom is -0.293 e. The Bertz CT molecular complexity index is 403. The number of halogens is 4. The Labute approximate surface area is 112 Å². The van der Waals surface area contributed by atoms with E-state index in [1.54, 1.807) is 31.2 Å². The molecule has 6 heteroatoms. The number of carbonyl (C=O) groups excluding carboxylic acids is 1. The van der Waals surface area contributed by atoms with Crippen molar-refractivity contribution in [2.24, 2.45) is 0 Å². The molecule has 0 spiro atoms. The maximum Gasteiger partial charge on any atom is 0.401 e. The van der Waals surface area contributed by atoms with Crippen LogP contribution < -0.4 is 0 Å². The molecule has 1 rings (SSSR count). The SMILES string of the molecule is CCN(CC(=O)c1ccc(Br)cc1)CC(F)(F)F. The summed E-state index contributed by atoms with van der Waals surface area (Å²) in [6.45, 7) is 0.492. The van der Waals surface area contributed by atoms with Gasteiger partial charge in [-0.25, -0.2) is 0 Å². The van der Waals surface area contributed by atoms with Crippen LogP contribution in [0.2, 0.25) is 0 Å². The van der Waals surface area contributed by atoms with Crippen molar-refractivity contribution in [1.82, 2.24) is 4.90 Å². The molecule has 0 amide bonds. The van der Waals surface area contributed by atoms with E-state index in [2.05, 4.69) is 15.9 Å². The zero-order valence-corrected chi connectivity index (χ0v) is 11.4. The standard InChI is InChI=1S/C12H13BrF3NO/c1-2-17(8-12(14,15)16)7-11(18)9-3-5-10(13)6-4-9/h3-6H,2,7-8H2,1H3. The highest BCUT2D eigenvalue weighted by Gasteiger charge is 2.30. The van der Waals surface area contributed by atoms with Crippen LogP contribution in [-0.4, -0.2) is 36.5 Å². The Balaban J connectivity index is 2.65. The number of hydrogen-bond acceptors (Lipinski definition) is 2. The number of benzene rings is 1.